The molecular formula is C16H21N3O3S. The largest absolute Gasteiger partial charge is 0.355 e. The van der Waals surface area contributed by atoms with E-state index in [2.05, 4.69) is 15.4 Å². The van der Waals surface area contributed by atoms with Crippen molar-refractivity contribution in [1.29, 1.82) is 0 Å². The molecule has 124 valence electrons. The molecule has 2 aromatic carbocycles. The van der Waals surface area contributed by atoms with Crippen LogP contribution in [0, 0.1) is 0 Å². The minimum Gasteiger partial charge on any atom is -0.355 e. The maximum Gasteiger partial charge on any atom is 0.240 e. The first-order valence-electron chi connectivity index (χ1n) is 7.43. The summed E-state index contributed by atoms with van der Waals surface area (Å²) in [6.45, 7) is 1.27. The minimum atomic E-state index is -3.61. The fourth-order valence-corrected chi connectivity index (χ4v) is 3.20. The Hall–Kier alpha value is -1.96. The summed E-state index contributed by atoms with van der Waals surface area (Å²) >= 11 is 0. The van der Waals surface area contributed by atoms with Crippen molar-refractivity contribution in [2.45, 2.75) is 11.3 Å². The van der Waals surface area contributed by atoms with Gasteiger partial charge in [0.15, 0.2) is 0 Å². The van der Waals surface area contributed by atoms with Crippen LogP contribution in [0.5, 0.6) is 0 Å². The molecule has 2 rings (SSSR count). The summed E-state index contributed by atoms with van der Waals surface area (Å²) in [5.41, 5.74) is 0. The van der Waals surface area contributed by atoms with E-state index in [0.29, 0.717) is 13.1 Å². The normalized spacial score (nSPS) is 11.5. The highest BCUT2D eigenvalue weighted by atomic mass is 32.2. The van der Waals surface area contributed by atoms with Crippen molar-refractivity contribution in [3.05, 3.63) is 42.5 Å². The van der Waals surface area contributed by atoms with Crippen molar-refractivity contribution >= 4 is 26.7 Å². The van der Waals surface area contributed by atoms with Crippen molar-refractivity contribution in [2.24, 2.45) is 0 Å². The Balaban J connectivity index is 1.94. The highest BCUT2D eigenvalue weighted by Gasteiger charge is 2.14. The first kappa shape index (κ1) is 17.4. The van der Waals surface area contributed by atoms with E-state index in [1.54, 1.807) is 25.2 Å². The van der Waals surface area contributed by atoms with Gasteiger partial charge in [0.1, 0.15) is 0 Å². The average molecular weight is 335 g/mol. The van der Waals surface area contributed by atoms with Gasteiger partial charge in [-0.2, -0.15) is 0 Å². The molecule has 0 aliphatic carbocycles. The summed E-state index contributed by atoms with van der Waals surface area (Å²) in [5, 5.41) is 7.45. The molecule has 0 saturated carbocycles. The number of hydrogen-bond donors (Lipinski definition) is 3. The lowest BCUT2D eigenvalue weighted by atomic mass is 10.1. The van der Waals surface area contributed by atoms with Crippen LogP contribution < -0.4 is 15.4 Å². The monoisotopic (exact) mass is 335 g/mol. The van der Waals surface area contributed by atoms with Gasteiger partial charge < -0.3 is 10.6 Å². The molecule has 6 nitrogen and oxygen atoms in total. The smallest absolute Gasteiger partial charge is 0.240 e. The number of rotatable bonds is 8. The van der Waals surface area contributed by atoms with Gasteiger partial charge in [0.05, 0.1) is 4.90 Å². The van der Waals surface area contributed by atoms with Crippen molar-refractivity contribution in [1.82, 2.24) is 15.4 Å². The van der Waals surface area contributed by atoms with Crippen LogP contribution in [0.25, 0.3) is 10.8 Å². The van der Waals surface area contributed by atoms with Crippen LogP contribution in [0.4, 0.5) is 0 Å². The summed E-state index contributed by atoms with van der Waals surface area (Å²) in [6.07, 6.45) is 0.108. The molecule has 7 heteroatoms. The molecule has 0 bridgehead atoms. The second kappa shape index (κ2) is 8.05. The summed E-state index contributed by atoms with van der Waals surface area (Å²) < 4.78 is 27.0. The average Bonchev–Trinajstić information content (AvgIpc) is 2.54. The predicted molar refractivity (Wildman–Crippen MR) is 90.7 cm³/mol. The number of carbonyl (C=O) groups excluding carboxylic acids is 1. The zero-order valence-corrected chi connectivity index (χ0v) is 13.8. The lowest BCUT2D eigenvalue weighted by Gasteiger charge is -2.08. The molecular weight excluding hydrogens is 314 g/mol. The molecule has 2 aromatic rings. The van der Waals surface area contributed by atoms with Crippen molar-refractivity contribution < 1.29 is 13.2 Å². The quantitative estimate of drug-likeness (QED) is 0.624. The highest BCUT2D eigenvalue weighted by Crippen LogP contribution is 2.18. The van der Waals surface area contributed by atoms with E-state index in [1.165, 1.54) is 0 Å². The first-order valence-corrected chi connectivity index (χ1v) is 8.91. The van der Waals surface area contributed by atoms with Crippen LogP contribution in [0.1, 0.15) is 6.42 Å². The summed E-state index contributed by atoms with van der Waals surface area (Å²) in [6, 6.07) is 12.5. The molecule has 0 fully saturated rings. The molecule has 0 radical (unpaired) electrons. The van der Waals surface area contributed by atoms with Gasteiger partial charge in [-0.25, -0.2) is 13.1 Å². The van der Waals surface area contributed by atoms with E-state index in [0.717, 1.165) is 10.8 Å². The van der Waals surface area contributed by atoms with Gasteiger partial charge in [-0.15, -0.1) is 0 Å². The van der Waals surface area contributed by atoms with Crippen molar-refractivity contribution in [2.75, 3.05) is 26.7 Å². The Morgan fingerprint density at radius 2 is 1.74 bits per heavy atom. The standard InChI is InChI=1S/C16H21N3O3S/c1-17-10-11-18-16(20)8-9-19-23(21,22)15-7-6-13-4-2-3-5-14(13)12-15/h2-7,12,17,19H,8-11H2,1H3,(H,18,20). The number of amides is 1. The minimum absolute atomic E-state index is 0.0700. The molecule has 0 aliphatic rings. The van der Waals surface area contributed by atoms with Crippen LogP contribution in [0.2, 0.25) is 0 Å². The Morgan fingerprint density at radius 1 is 1.00 bits per heavy atom. The zero-order valence-electron chi connectivity index (χ0n) is 13.0. The van der Waals surface area contributed by atoms with Crippen LogP contribution in [-0.4, -0.2) is 41.0 Å². The second-order valence-corrected chi connectivity index (χ2v) is 6.88. The maximum atomic E-state index is 12.3. The molecule has 1 amide bonds. The summed E-state index contributed by atoms with van der Waals surface area (Å²) in [4.78, 5) is 11.7. The third kappa shape index (κ3) is 5.02. The maximum absolute atomic E-state index is 12.3. The fraction of sp³-hybridized carbons (Fsp3) is 0.312. The van der Waals surface area contributed by atoms with E-state index in [1.807, 2.05) is 24.3 Å². The first-order chi connectivity index (χ1) is 11.0. The fourth-order valence-electron chi connectivity index (χ4n) is 2.13. The van der Waals surface area contributed by atoms with Gasteiger partial charge in [-0.05, 0) is 30.0 Å². The van der Waals surface area contributed by atoms with Gasteiger partial charge in [0.2, 0.25) is 15.9 Å². The van der Waals surface area contributed by atoms with Gasteiger partial charge in [0.25, 0.3) is 0 Å². The number of fused-ring (bicyclic) bond motifs is 1. The van der Waals surface area contributed by atoms with Gasteiger partial charge in [-0.1, -0.05) is 30.3 Å². The summed E-state index contributed by atoms with van der Waals surface area (Å²) in [5.74, 6) is -0.179. The third-order valence-electron chi connectivity index (χ3n) is 3.37. The molecule has 0 aromatic heterocycles. The number of benzene rings is 2. The molecule has 0 heterocycles. The number of carbonyl (C=O) groups is 1. The van der Waals surface area contributed by atoms with Gasteiger partial charge in [-0.3, -0.25) is 4.79 Å². The van der Waals surface area contributed by atoms with Gasteiger partial charge in [0, 0.05) is 26.1 Å². The van der Waals surface area contributed by atoms with Crippen molar-refractivity contribution in [3.8, 4) is 0 Å². The van der Waals surface area contributed by atoms with Crippen LogP contribution >= 0.6 is 0 Å². The van der Waals surface area contributed by atoms with E-state index >= 15 is 0 Å². The third-order valence-corrected chi connectivity index (χ3v) is 4.83. The van der Waals surface area contributed by atoms with Crippen LogP contribution in [0.15, 0.2) is 47.4 Å². The summed E-state index contributed by atoms with van der Waals surface area (Å²) in [7, 11) is -1.82. The van der Waals surface area contributed by atoms with Gasteiger partial charge >= 0.3 is 0 Å². The van der Waals surface area contributed by atoms with E-state index in [-0.39, 0.29) is 23.8 Å². The van der Waals surface area contributed by atoms with Crippen molar-refractivity contribution in [3.63, 3.8) is 0 Å². The SMILES string of the molecule is CNCCNC(=O)CCNS(=O)(=O)c1ccc2ccccc2c1. The van der Waals surface area contributed by atoms with E-state index < -0.39 is 10.0 Å². The van der Waals surface area contributed by atoms with Crippen LogP contribution in [0.3, 0.4) is 0 Å². The second-order valence-electron chi connectivity index (χ2n) is 5.11. The molecule has 0 saturated heterocycles. The van der Waals surface area contributed by atoms with Crippen LogP contribution in [-0.2, 0) is 14.8 Å². The number of nitrogens with one attached hydrogen (secondary N) is 3. The molecule has 0 spiro atoms. The number of sulfonamides is 1. The lowest BCUT2D eigenvalue weighted by molar-refractivity contribution is -0.120. The molecule has 0 unspecified atom stereocenters. The number of likely N-dealkylation sites (N-methyl/N-ethyl adjacent to an activating group) is 1. The Morgan fingerprint density at radius 3 is 2.48 bits per heavy atom. The Kier molecular flexibility index (Phi) is 6.09. The van der Waals surface area contributed by atoms with E-state index in [4.69, 9.17) is 0 Å². The predicted octanol–water partition coefficient (Wildman–Crippen LogP) is 0.844. The zero-order chi connectivity index (χ0) is 16.7. The Labute approximate surface area is 136 Å². The highest BCUT2D eigenvalue weighted by molar-refractivity contribution is 7.89. The lowest BCUT2D eigenvalue weighted by Crippen LogP contribution is -2.33. The molecule has 0 aliphatic heterocycles. The Bertz CT molecular complexity index is 775. The number of hydrogen-bond acceptors (Lipinski definition) is 4. The molecule has 0 atom stereocenters. The van der Waals surface area contributed by atoms with E-state index in [9.17, 15) is 13.2 Å². The molecule has 3 N–H and O–H groups in total. The molecule has 23 heavy (non-hydrogen) atoms. The topological polar surface area (TPSA) is 87.3 Å².